The number of esters is 1. The second-order valence-corrected chi connectivity index (χ2v) is 7.83. The van der Waals surface area contributed by atoms with Gasteiger partial charge < -0.3 is 24.8 Å². The predicted octanol–water partition coefficient (Wildman–Crippen LogP) is 2.07. The Balaban J connectivity index is 1.96. The average molecular weight is 491 g/mol. The van der Waals surface area contributed by atoms with E-state index in [9.17, 15) is 19.2 Å². The molecule has 0 fully saturated rings. The molecule has 0 spiro atoms. The molecule has 0 radical (unpaired) electrons. The molecule has 11 heteroatoms. The molecular weight excluding hydrogens is 456 g/mol. The van der Waals surface area contributed by atoms with Crippen molar-refractivity contribution in [1.29, 1.82) is 0 Å². The minimum atomic E-state index is -0.758. The van der Waals surface area contributed by atoms with Crippen LogP contribution in [0.3, 0.4) is 0 Å². The first kappa shape index (κ1) is 27.5. The molecule has 0 aliphatic heterocycles. The number of aromatic nitrogens is 2. The highest BCUT2D eigenvalue weighted by molar-refractivity contribution is 5.97. The maximum atomic E-state index is 12.9. The lowest BCUT2D eigenvalue weighted by atomic mass is 10.2. The van der Waals surface area contributed by atoms with Crippen LogP contribution in [0.2, 0.25) is 0 Å². The van der Waals surface area contributed by atoms with Crippen LogP contribution in [0.5, 0.6) is 11.5 Å². The Morgan fingerprint density at radius 3 is 2.37 bits per heavy atom. The number of hydrogen-bond donors (Lipinski definition) is 2. The summed E-state index contributed by atoms with van der Waals surface area (Å²) < 4.78 is 17.0. The Hall–Kier alpha value is -3.76. The van der Waals surface area contributed by atoms with E-state index in [1.807, 2.05) is 13.8 Å². The van der Waals surface area contributed by atoms with Crippen molar-refractivity contribution in [3.63, 3.8) is 0 Å². The number of nitrogens with one attached hydrogen (secondary N) is 1. The zero-order chi connectivity index (χ0) is 25.8. The Bertz CT molecular complexity index is 1090. The van der Waals surface area contributed by atoms with Crippen molar-refractivity contribution in [1.82, 2.24) is 9.55 Å². The lowest BCUT2D eigenvalue weighted by Gasteiger charge is -2.24. The van der Waals surface area contributed by atoms with Gasteiger partial charge in [0.15, 0.2) is 12.3 Å². The second-order valence-electron chi connectivity index (χ2n) is 7.83. The minimum absolute atomic E-state index is 0.0580. The number of benzene rings is 1. The van der Waals surface area contributed by atoms with Gasteiger partial charge >= 0.3 is 11.7 Å². The van der Waals surface area contributed by atoms with E-state index in [2.05, 4.69) is 4.98 Å². The maximum Gasteiger partial charge on any atom is 0.330 e. The number of carbonyl (C=O) groups excluding carboxylic acids is 2. The quantitative estimate of drug-likeness (QED) is 0.302. The van der Waals surface area contributed by atoms with Crippen LogP contribution < -0.4 is 31.4 Å². The predicted molar refractivity (Wildman–Crippen MR) is 132 cm³/mol. The molecule has 1 aromatic heterocycles. The van der Waals surface area contributed by atoms with Crippen LogP contribution in [-0.2, 0) is 20.9 Å². The molecular formula is C24H34N4O7. The Kier molecular flexibility index (Phi) is 10.9. The van der Waals surface area contributed by atoms with E-state index < -0.39 is 29.7 Å². The van der Waals surface area contributed by atoms with Crippen LogP contribution in [0.4, 0.5) is 11.5 Å². The topological polar surface area (TPSA) is 146 Å². The van der Waals surface area contributed by atoms with Crippen LogP contribution in [0.1, 0.15) is 46.0 Å². The van der Waals surface area contributed by atoms with E-state index in [1.165, 1.54) is 9.47 Å². The maximum absolute atomic E-state index is 12.9. The highest BCUT2D eigenvalue weighted by Gasteiger charge is 2.24. The molecule has 2 rings (SSSR count). The molecule has 0 aliphatic carbocycles. The van der Waals surface area contributed by atoms with Gasteiger partial charge in [0.25, 0.3) is 11.5 Å². The van der Waals surface area contributed by atoms with Gasteiger partial charge in [0, 0.05) is 19.5 Å². The summed E-state index contributed by atoms with van der Waals surface area (Å²) in [6, 6.07) is 7.06. The van der Waals surface area contributed by atoms with Gasteiger partial charge in [0.1, 0.15) is 17.3 Å². The van der Waals surface area contributed by atoms with Crippen LogP contribution in [0.15, 0.2) is 33.9 Å². The van der Waals surface area contributed by atoms with E-state index in [-0.39, 0.29) is 31.0 Å². The zero-order valence-electron chi connectivity index (χ0n) is 20.5. The normalized spacial score (nSPS) is 10.6. The van der Waals surface area contributed by atoms with E-state index >= 15 is 0 Å². The number of nitrogens with two attached hydrogens (primary N) is 1. The SMILES string of the molecule is CCCCN(C(=O)COC(=O)CCCOc1ccc(OC)cc1)c1c(N)n(CCC)c(=O)[nH]c1=O. The number of hydrogen-bond acceptors (Lipinski definition) is 8. The van der Waals surface area contributed by atoms with Crippen LogP contribution >= 0.6 is 0 Å². The monoisotopic (exact) mass is 490 g/mol. The van der Waals surface area contributed by atoms with Crippen molar-refractivity contribution in [2.45, 2.75) is 52.5 Å². The fraction of sp³-hybridized carbons (Fsp3) is 0.500. The van der Waals surface area contributed by atoms with E-state index in [0.29, 0.717) is 37.4 Å². The third kappa shape index (κ3) is 7.90. The van der Waals surface area contributed by atoms with Crippen molar-refractivity contribution in [3.8, 4) is 11.5 Å². The van der Waals surface area contributed by atoms with Crippen molar-refractivity contribution in [2.24, 2.45) is 0 Å². The highest BCUT2D eigenvalue weighted by Crippen LogP contribution is 2.19. The number of ether oxygens (including phenoxy) is 3. The number of methoxy groups -OCH3 is 1. The first-order chi connectivity index (χ1) is 16.8. The number of nitrogen functional groups attached to an aromatic ring is 1. The Morgan fingerprint density at radius 2 is 1.74 bits per heavy atom. The standard InChI is InChI=1S/C24H34N4O7/c1-4-6-14-27(21-22(25)28(13-5-2)24(32)26-23(21)31)19(29)16-35-20(30)8-7-15-34-18-11-9-17(33-3)10-12-18/h9-12H,4-8,13-16,25H2,1-3H3,(H,26,31,32). The summed E-state index contributed by atoms with van der Waals surface area (Å²) in [5.74, 6) is 0.108. The van der Waals surface area contributed by atoms with Crippen LogP contribution in [0, 0.1) is 0 Å². The molecule has 11 nitrogen and oxygen atoms in total. The number of rotatable bonds is 14. The average Bonchev–Trinajstić information content (AvgIpc) is 2.85. The molecule has 0 saturated heterocycles. The smallest absolute Gasteiger partial charge is 0.330 e. The second kappa shape index (κ2) is 13.8. The van der Waals surface area contributed by atoms with E-state index in [4.69, 9.17) is 19.9 Å². The molecule has 1 heterocycles. The summed E-state index contributed by atoms with van der Waals surface area (Å²) in [6.45, 7) is 4.02. The largest absolute Gasteiger partial charge is 0.497 e. The number of carbonyl (C=O) groups is 2. The van der Waals surface area contributed by atoms with Crippen molar-refractivity contribution in [3.05, 3.63) is 45.1 Å². The fourth-order valence-corrected chi connectivity index (χ4v) is 3.33. The van der Waals surface area contributed by atoms with Gasteiger partial charge in [-0.05, 0) is 43.5 Å². The molecule has 0 atom stereocenters. The third-order valence-electron chi connectivity index (χ3n) is 5.18. The van der Waals surface area contributed by atoms with Crippen molar-refractivity contribution >= 4 is 23.4 Å². The van der Waals surface area contributed by atoms with Crippen LogP contribution in [-0.4, -0.2) is 48.3 Å². The van der Waals surface area contributed by atoms with Gasteiger partial charge in [-0.3, -0.25) is 23.9 Å². The molecule has 0 unspecified atom stereocenters. The molecule has 2 aromatic rings. The summed E-state index contributed by atoms with van der Waals surface area (Å²) in [7, 11) is 1.58. The Labute approximate surface area is 203 Å². The number of anilines is 2. The summed E-state index contributed by atoms with van der Waals surface area (Å²) in [5.41, 5.74) is 4.60. The highest BCUT2D eigenvalue weighted by atomic mass is 16.5. The fourth-order valence-electron chi connectivity index (χ4n) is 3.33. The van der Waals surface area contributed by atoms with Gasteiger partial charge in [0.05, 0.1) is 13.7 Å². The van der Waals surface area contributed by atoms with Crippen molar-refractivity contribution < 1.29 is 23.8 Å². The minimum Gasteiger partial charge on any atom is -0.497 e. The first-order valence-corrected chi connectivity index (χ1v) is 11.7. The van der Waals surface area contributed by atoms with Gasteiger partial charge in [-0.15, -0.1) is 0 Å². The molecule has 0 bridgehead atoms. The molecule has 35 heavy (non-hydrogen) atoms. The molecule has 0 aliphatic rings. The summed E-state index contributed by atoms with van der Waals surface area (Å²) in [4.78, 5) is 53.1. The number of aromatic amines is 1. The molecule has 1 amide bonds. The number of nitrogens with zero attached hydrogens (tertiary/aromatic N) is 2. The molecule has 192 valence electrons. The lowest BCUT2D eigenvalue weighted by molar-refractivity contribution is -0.148. The first-order valence-electron chi connectivity index (χ1n) is 11.7. The number of amides is 1. The van der Waals surface area contributed by atoms with Crippen molar-refractivity contribution in [2.75, 3.05) is 37.5 Å². The van der Waals surface area contributed by atoms with Gasteiger partial charge in [-0.25, -0.2) is 4.79 Å². The lowest BCUT2D eigenvalue weighted by Crippen LogP contribution is -2.43. The summed E-state index contributed by atoms with van der Waals surface area (Å²) in [5, 5.41) is 0. The van der Waals surface area contributed by atoms with Gasteiger partial charge in [0.2, 0.25) is 0 Å². The Morgan fingerprint density at radius 1 is 1.06 bits per heavy atom. The summed E-state index contributed by atoms with van der Waals surface area (Å²) >= 11 is 0. The molecule has 3 N–H and O–H groups in total. The molecule has 1 aromatic carbocycles. The van der Waals surface area contributed by atoms with E-state index in [1.54, 1.807) is 31.4 Å². The van der Waals surface area contributed by atoms with E-state index in [0.717, 1.165) is 6.42 Å². The third-order valence-corrected chi connectivity index (χ3v) is 5.18. The van der Waals surface area contributed by atoms with Gasteiger partial charge in [-0.1, -0.05) is 20.3 Å². The molecule has 0 saturated carbocycles. The summed E-state index contributed by atoms with van der Waals surface area (Å²) in [6.07, 6.45) is 2.41. The van der Waals surface area contributed by atoms with Gasteiger partial charge in [-0.2, -0.15) is 0 Å². The van der Waals surface area contributed by atoms with Crippen LogP contribution in [0.25, 0.3) is 0 Å². The number of H-pyrrole nitrogens is 1. The number of unbranched alkanes of at least 4 members (excludes halogenated alkanes) is 1. The zero-order valence-corrected chi connectivity index (χ0v) is 20.5.